The fourth-order valence-electron chi connectivity index (χ4n) is 1.99. The number of hydrogen-bond acceptors (Lipinski definition) is 3. The quantitative estimate of drug-likeness (QED) is 0.898. The minimum Gasteiger partial charge on any atom is -0.486 e. The summed E-state index contributed by atoms with van der Waals surface area (Å²) in [4.78, 5) is 4.34. The van der Waals surface area contributed by atoms with Crippen LogP contribution in [-0.4, -0.2) is 9.55 Å². The molecule has 2 aromatic rings. The highest BCUT2D eigenvalue weighted by Crippen LogP contribution is 2.16. The van der Waals surface area contributed by atoms with Crippen LogP contribution in [0.3, 0.4) is 0 Å². The molecule has 0 amide bonds. The van der Waals surface area contributed by atoms with Crippen molar-refractivity contribution >= 4 is 0 Å². The van der Waals surface area contributed by atoms with Crippen molar-refractivity contribution in [3.05, 3.63) is 47.5 Å². The summed E-state index contributed by atoms with van der Waals surface area (Å²) in [5, 5.41) is 0. The second-order valence-electron chi connectivity index (χ2n) is 4.73. The van der Waals surface area contributed by atoms with Crippen molar-refractivity contribution in [3.8, 4) is 5.75 Å². The largest absolute Gasteiger partial charge is 0.486 e. The summed E-state index contributed by atoms with van der Waals surface area (Å²) in [7, 11) is 1.96. The topological polar surface area (TPSA) is 53.1 Å². The summed E-state index contributed by atoms with van der Waals surface area (Å²) in [5.74, 6) is 1.74. The van der Waals surface area contributed by atoms with Gasteiger partial charge in [-0.2, -0.15) is 0 Å². The molecule has 19 heavy (non-hydrogen) atoms. The standard InChI is InChI=1S/C15H21N3O/c1-4-12-5-7-13(8-6-12)19-10-15-17-9-14(11(2)16)18(15)3/h5-9,11H,4,10,16H2,1-3H3. The molecule has 0 aliphatic rings. The van der Waals surface area contributed by atoms with Gasteiger partial charge < -0.3 is 15.0 Å². The monoisotopic (exact) mass is 259 g/mol. The van der Waals surface area contributed by atoms with Gasteiger partial charge in [0.2, 0.25) is 0 Å². The van der Waals surface area contributed by atoms with Gasteiger partial charge in [0.1, 0.15) is 18.2 Å². The van der Waals surface area contributed by atoms with Crippen LogP contribution in [0.15, 0.2) is 30.5 Å². The second-order valence-corrected chi connectivity index (χ2v) is 4.73. The molecule has 0 radical (unpaired) electrons. The molecule has 4 nitrogen and oxygen atoms in total. The third-order valence-corrected chi connectivity index (χ3v) is 3.29. The average molecular weight is 259 g/mol. The van der Waals surface area contributed by atoms with Crippen LogP contribution in [0.4, 0.5) is 0 Å². The van der Waals surface area contributed by atoms with E-state index in [1.807, 2.05) is 36.9 Å². The van der Waals surface area contributed by atoms with Gasteiger partial charge >= 0.3 is 0 Å². The highest BCUT2D eigenvalue weighted by molar-refractivity contribution is 5.27. The highest BCUT2D eigenvalue weighted by Gasteiger charge is 2.10. The number of ether oxygens (including phenoxy) is 1. The van der Waals surface area contributed by atoms with Crippen LogP contribution < -0.4 is 10.5 Å². The first kappa shape index (κ1) is 13.6. The Morgan fingerprint density at radius 3 is 2.53 bits per heavy atom. The Kier molecular flexibility index (Phi) is 4.22. The Bertz CT molecular complexity index is 529. The van der Waals surface area contributed by atoms with Crippen molar-refractivity contribution in [2.45, 2.75) is 32.9 Å². The molecule has 0 saturated heterocycles. The number of benzene rings is 1. The van der Waals surface area contributed by atoms with Crippen LogP contribution in [0.2, 0.25) is 0 Å². The van der Waals surface area contributed by atoms with E-state index in [1.165, 1.54) is 5.56 Å². The summed E-state index contributed by atoms with van der Waals surface area (Å²) in [6.45, 7) is 4.54. The molecule has 1 heterocycles. The number of nitrogens with two attached hydrogens (primary N) is 1. The third kappa shape index (κ3) is 3.15. The van der Waals surface area contributed by atoms with Crippen LogP contribution in [0, 0.1) is 0 Å². The molecule has 1 aromatic carbocycles. The van der Waals surface area contributed by atoms with Gasteiger partial charge in [0.05, 0.1) is 11.9 Å². The summed E-state index contributed by atoms with van der Waals surface area (Å²) in [5.41, 5.74) is 8.19. The molecule has 4 heteroatoms. The maximum Gasteiger partial charge on any atom is 0.146 e. The Hall–Kier alpha value is -1.81. The van der Waals surface area contributed by atoms with E-state index < -0.39 is 0 Å². The average Bonchev–Trinajstić information content (AvgIpc) is 2.78. The third-order valence-electron chi connectivity index (χ3n) is 3.29. The number of aryl methyl sites for hydroxylation is 1. The Labute approximate surface area is 114 Å². The smallest absolute Gasteiger partial charge is 0.146 e. The predicted octanol–water partition coefficient (Wildman–Crippen LogP) is 2.58. The molecule has 2 N–H and O–H groups in total. The van der Waals surface area contributed by atoms with Crippen LogP contribution in [0.5, 0.6) is 5.75 Å². The van der Waals surface area contributed by atoms with Crippen molar-refractivity contribution in [2.24, 2.45) is 12.8 Å². The van der Waals surface area contributed by atoms with Gasteiger partial charge in [-0.1, -0.05) is 19.1 Å². The van der Waals surface area contributed by atoms with Crippen molar-refractivity contribution in [2.75, 3.05) is 0 Å². The van der Waals surface area contributed by atoms with Gasteiger partial charge in [-0.3, -0.25) is 0 Å². The molecule has 0 spiro atoms. The first-order valence-corrected chi connectivity index (χ1v) is 6.59. The van der Waals surface area contributed by atoms with Crippen LogP contribution in [0.25, 0.3) is 0 Å². The molecule has 0 aliphatic heterocycles. The fraction of sp³-hybridized carbons (Fsp3) is 0.400. The van der Waals surface area contributed by atoms with Crippen molar-refractivity contribution in [1.82, 2.24) is 9.55 Å². The van der Waals surface area contributed by atoms with Gasteiger partial charge in [0.25, 0.3) is 0 Å². The maximum absolute atomic E-state index is 5.87. The predicted molar refractivity (Wildman–Crippen MR) is 76.0 cm³/mol. The lowest BCUT2D eigenvalue weighted by molar-refractivity contribution is 0.291. The summed E-state index contributed by atoms with van der Waals surface area (Å²) in [6, 6.07) is 8.14. The van der Waals surface area contributed by atoms with Gasteiger partial charge in [-0.05, 0) is 31.0 Å². The van der Waals surface area contributed by atoms with E-state index in [0.717, 1.165) is 23.7 Å². The second kappa shape index (κ2) is 5.89. The SMILES string of the molecule is CCc1ccc(OCc2ncc(C(C)N)n2C)cc1. The molecule has 0 aliphatic carbocycles. The molecule has 0 saturated carbocycles. The number of aromatic nitrogens is 2. The lowest BCUT2D eigenvalue weighted by Crippen LogP contribution is -2.12. The minimum absolute atomic E-state index is 0.0184. The first-order chi connectivity index (χ1) is 9.11. The van der Waals surface area contributed by atoms with Gasteiger partial charge in [-0.15, -0.1) is 0 Å². The molecular weight excluding hydrogens is 238 g/mol. The Balaban J connectivity index is 2.02. The molecule has 1 atom stereocenters. The van der Waals surface area contributed by atoms with Crippen molar-refractivity contribution < 1.29 is 4.74 Å². The summed E-state index contributed by atoms with van der Waals surface area (Å²) < 4.78 is 7.73. The van der Waals surface area contributed by atoms with Gasteiger partial charge in [0.15, 0.2) is 0 Å². The molecular formula is C15H21N3O. The highest BCUT2D eigenvalue weighted by atomic mass is 16.5. The minimum atomic E-state index is -0.0184. The van der Waals surface area contributed by atoms with Crippen molar-refractivity contribution in [1.29, 1.82) is 0 Å². The normalized spacial score (nSPS) is 12.4. The van der Waals surface area contributed by atoms with E-state index in [0.29, 0.717) is 6.61 Å². The van der Waals surface area contributed by atoms with E-state index in [-0.39, 0.29) is 6.04 Å². The van der Waals surface area contributed by atoms with Gasteiger partial charge in [-0.25, -0.2) is 4.98 Å². The molecule has 0 fully saturated rings. The molecule has 1 unspecified atom stereocenters. The summed E-state index contributed by atoms with van der Waals surface area (Å²) >= 11 is 0. The zero-order valence-electron chi connectivity index (χ0n) is 11.8. The molecule has 1 aromatic heterocycles. The van der Waals surface area contributed by atoms with E-state index >= 15 is 0 Å². The Morgan fingerprint density at radius 2 is 2.00 bits per heavy atom. The van der Waals surface area contributed by atoms with E-state index in [1.54, 1.807) is 0 Å². The maximum atomic E-state index is 5.87. The number of rotatable bonds is 5. The molecule has 2 rings (SSSR count). The zero-order chi connectivity index (χ0) is 13.8. The van der Waals surface area contributed by atoms with E-state index in [4.69, 9.17) is 10.5 Å². The summed E-state index contributed by atoms with van der Waals surface area (Å²) in [6.07, 6.45) is 2.85. The molecule has 102 valence electrons. The fourth-order valence-corrected chi connectivity index (χ4v) is 1.99. The lowest BCUT2D eigenvalue weighted by Gasteiger charge is -2.10. The lowest BCUT2D eigenvalue weighted by atomic mass is 10.2. The number of nitrogens with zero attached hydrogens (tertiary/aromatic N) is 2. The van der Waals surface area contributed by atoms with Gasteiger partial charge in [0, 0.05) is 13.1 Å². The molecule has 0 bridgehead atoms. The first-order valence-electron chi connectivity index (χ1n) is 6.59. The Morgan fingerprint density at radius 1 is 1.32 bits per heavy atom. The van der Waals surface area contributed by atoms with Crippen molar-refractivity contribution in [3.63, 3.8) is 0 Å². The van der Waals surface area contributed by atoms with Crippen LogP contribution >= 0.6 is 0 Å². The number of hydrogen-bond donors (Lipinski definition) is 1. The van der Waals surface area contributed by atoms with Crippen LogP contribution in [0.1, 0.15) is 37.0 Å². The number of imidazole rings is 1. The van der Waals surface area contributed by atoms with Crippen LogP contribution in [-0.2, 0) is 20.1 Å². The van der Waals surface area contributed by atoms with E-state index in [9.17, 15) is 0 Å². The zero-order valence-corrected chi connectivity index (χ0v) is 11.8. The van der Waals surface area contributed by atoms with E-state index in [2.05, 4.69) is 24.0 Å².